The first-order chi connectivity index (χ1) is 11.0. The Morgan fingerprint density at radius 1 is 1.09 bits per heavy atom. The molecule has 0 saturated heterocycles. The lowest BCUT2D eigenvalue weighted by atomic mass is 10.1. The predicted octanol–water partition coefficient (Wildman–Crippen LogP) is 2.37. The molecule has 2 amide bonds. The maximum absolute atomic E-state index is 13.2. The summed E-state index contributed by atoms with van der Waals surface area (Å²) in [5, 5.41) is 10.9. The van der Waals surface area contributed by atoms with Gasteiger partial charge in [0.25, 0.3) is 11.8 Å². The largest absolute Gasteiger partial charge is 0.465 e. The zero-order chi connectivity index (χ0) is 16.6. The number of carbonyl (C=O) groups is 2. The van der Waals surface area contributed by atoms with Gasteiger partial charge in [0.05, 0.1) is 16.1 Å². The van der Waals surface area contributed by atoms with E-state index in [1.165, 1.54) is 12.1 Å². The topological polar surface area (TPSA) is 89.8 Å². The number of ether oxygens (including phenoxy) is 1. The smallest absolute Gasteiger partial charge is 0.311 e. The Balaban J connectivity index is 1.83. The van der Waals surface area contributed by atoms with Crippen molar-refractivity contribution in [2.75, 3.05) is 6.73 Å². The monoisotopic (exact) mass is 316 g/mol. The molecular weight excluding hydrogens is 307 g/mol. The quantitative estimate of drug-likeness (QED) is 0.491. The van der Waals surface area contributed by atoms with Crippen molar-refractivity contribution in [3.8, 4) is 5.75 Å². The van der Waals surface area contributed by atoms with Crippen molar-refractivity contribution in [1.29, 1.82) is 0 Å². The molecule has 0 fully saturated rings. The number of carbonyl (C=O) groups excluding carboxylic acids is 2. The Bertz CT molecular complexity index is 801. The second-order valence-electron chi connectivity index (χ2n) is 4.73. The molecule has 3 rings (SSSR count). The molecule has 2 aromatic rings. The van der Waals surface area contributed by atoms with Crippen LogP contribution in [0, 0.1) is 15.9 Å². The summed E-state index contributed by atoms with van der Waals surface area (Å²) >= 11 is 0. The number of nitrogens with zero attached hydrogens (tertiary/aromatic N) is 2. The Morgan fingerprint density at radius 3 is 2.26 bits per heavy atom. The maximum Gasteiger partial charge on any atom is 0.311 e. The second kappa shape index (κ2) is 5.48. The van der Waals surface area contributed by atoms with E-state index in [2.05, 4.69) is 0 Å². The SMILES string of the molecule is O=C1c2ccccc2C(=O)N1COc1cc(F)ccc1[N+](=O)[O-]. The number of nitro groups is 1. The number of rotatable bonds is 4. The van der Waals surface area contributed by atoms with Gasteiger partial charge in [0.2, 0.25) is 5.75 Å². The lowest BCUT2D eigenvalue weighted by Gasteiger charge is -2.14. The maximum atomic E-state index is 13.2. The summed E-state index contributed by atoms with van der Waals surface area (Å²) in [6.07, 6.45) is 0. The number of nitro benzene ring substituents is 1. The lowest BCUT2D eigenvalue weighted by Crippen LogP contribution is -2.33. The molecule has 0 unspecified atom stereocenters. The van der Waals surface area contributed by atoms with Crippen LogP contribution in [0.1, 0.15) is 20.7 Å². The number of fused-ring (bicyclic) bond motifs is 1. The number of imide groups is 1. The van der Waals surface area contributed by atoms with E-state index in [-0.39, 0.29) is 16.9 Å². The van der Waals surface area contributed by atoms with E-state index in [0.717, 1.165) is 23.1 Å². The molecule has 0 aliphatic carbocycles. The highest BCUT2D eigenvalue weighted by atomic mass is 19.1. The van der Waals surface area contributed by atoms with Crippen LogP contribution in [0.5, 0.6) is 5.75 Å². The molecule has 0 bridgehead atoms. The van der Waals surface area contributed by atoms with Gasteiger partial charge in [0.15, 0.2) is 6.73 Å². The summed E-state index contributed by atoms with van der Waals surface area (Å²) in [5.41, 5.74) is 0.00712. The number of halogens is 1. The van der Waals surface area contributed by atoms with E-state index < -0.39 is 35.0 Å². The lowest BCUT2D eigenvalue weighted by molar-refractivity contribution is -0.386. The predicted molar refractivity (Wildman–Crippen MR) is 75.5 cm³/mol. The molecule has 23 heavy (non-hydrogen) atoms. The van der Waals surface area contributed by atoms with Crippen molar-refractivity contribution in [3.05, 3.63) is 69.5 Å². The van der Waals surface area contributed by atoms with E-state index in [0.29, 0.717) is 0 Å². The molecule has 0 N–H and O–H groups in total. The number of benzene rings is 2. The Morgan fingerprint density at radius 2 is 1.70 bits per heavy atom. The van der Waals surface area contributed by atoms with Crippen LogP contribution in [0.25, 0.3) is 0 Å². The van der Waals surface area contributed by atoms with Crippen LogP contribution in [0.2, 0.25) is 0 Å². The summed E-state index contributed by atoms with van der Waals surface area (Å²) < 4.78 is 18.4. The van der Waals surface area contributed by atoms with E-state index in [1.54, 1.807) is 12.1 Å². The normalized spacial score (nSPS) is 13.2. The first-order valence-electron chi connectivity index (χ1n) is 6.51. The van der Waals surface area contributed by atoms with Gasteiger partial charge in [0, 0.05) is 12.1 Å². The van der Waals surface area contributed by atoms with Crippen molar-refractivity contribution in [1.82, 2.24) is 4.90 Å². The fourth-order valence-corrected chi connectivity index (χ4v) is 2.24. The van der Waals surface area contributed by atoms with Gasteiger partial charge in [-0.25, -0.2) is 9.29 Å². The van der Waals surface area contributed by atoms with Crippen LogP contribution in [0.3, 0.4) is 0 Å². The highest BCUT2D eigenvalue weighted by Crippen LogP contribution is 2.29. The highest BCUT2D eigenvalue weighted by Gasteiger charge is 2.35. The Labute approximate surface area is 129 Å². The average Bonchev–Trinajstić information content (AvgIpc) is 2.77. The van der Waals surface area contributed by atoms with Gasteiger partial charge in [-0.3, -0.25) is 19.7 Å². The van der Waals surface area contributed by atoms with Crippen molar-refractivity contribution >= 4 is 17.5 Å². The van der Waals surface area contributed by atoms with Gasteiger partial charge in [0.1, 0.15) is 5.82 Å². The van der Waals surface area contributed by atoms with E-state index >= 15 is 0 Å². The zero-order valence-corrected chi connectivity index (χ0v) is 11.6. The van der Waals surface area contributed by atoms with Gasteiger partial charge in [-0.1, -0.05) is 12.1 Å². The zero-order valence-electron chi connectivity index (χ0n) is 11.6. The second-order valence-corrected chi connectivity index (χ2v) is 4.73. The molecule has 1 heterocycles. The highest BCUT2D eigenvalue weighted by molar-refractivity contribution is 6.21. The van der Waals surface area contributed by atoms with Gasteiger partial charge >= 0.3 is 5.69 Å². The van der Waals surface area contributed by atoms with Crippen LogP contribution in [0.15, 0.2) is 42.5 Å². The fraction of sp³-hybridized carbons (Fsp3) is 0.0667. The van der Waals surface area contributed by atoms with Crippen molar-refractivity contribution in [3.63, 3.8) is 0 Å². The van der Waals surface area contributed by atoms with Gasteiger partial charge in [-0.2, -0.15) is 0 Å². The molecule has 8 heteroatoms. The molecule has 7 nitrogen and oxygen atoms in total. The first kappa shape index (κ1) is 14.6. The molecule has 0 spiro atoms. The summed E-state index contributed by atoms with van der Waals surface area (Å²) in [7, 11) is 0. The van der Waals surface area contributed by atoms with Crippen LogP contribution >= 0.6 is 0 Å². The summed E-state index contributed by atoms with van der Waals surface area (Å²) in [5.74, 6) is -2.21. The van der Waals surface area contributed by atoms with Crippen molar-refractivity contribution in [2.24, 2.45) is 0 Å². The molecule has 0 aromatic heterocycles. The third-order valence-corrected chi connectivity index (χ3v) is 3.35. The third-order valence-electron chi connectivity index (χ3n) is 3.35. The molecule has 1 aliphatic rings. The van der Waals surface area contributed by atoms with Crippen LogP contribution in [0.4, 0.5) is 10.1 Å². The van der Waals surface area contributed by atoms with Crippen LogP contribution in [-0.2, 0) is 0 Å². The summed E-state index contributed by atoms with van der Waals surface area (Å²) in [4.78, 5) is 35.2. The molecule has 0 radical (unpaired) electrons. The van der Waals surface area contributed by atoms with Gasteiger partial charge < -0.3 is 4.74 Å². The molecule has 116 valence electrons. The number of hydrogen-bond donors (Lipinski definition) is 0. The molecular formula is C15H9FN2O5. The van der Waals surface area contributed by atoms with Gasteiger partial charge in [-0.15, -0.1) is 0 Å². The van der Waals surface area contributed by atoms with E-state index in [4.69, 9.17) is 4.74 Å². The average molecular weight is 316 g/mol. The number of amides is 2. The minimum atomic E-state index is -0.739. The third kappa shape index (κ3) is 2.50. The van der Waals surface area contributed by atoms with E-state index in [9.17, 15) is 24.1 Å². The summed E-state index contributed by atoms with van der Waals surface area (Å²) in [6, 6.07) is 8.94. The molecule has 1 aliphatic heterocycles. The van der Waals surface area contributed by atoms with Gasteiger partial charge in [-0.05, 0) is 18.2 Å². The molecule has 0 saturated carbocycles. The first-order valence-corrected chi connectivity index (χ1v) is 6.51. The van der Waals surface area contributed by atoms with E-state index in [1.807, 2.05) is 0 Å². The summed E-state index contributed by atoms with van der Waals surface area (Å²) in [6.45, 7) is -0.545. The Hall–Kier alpha value is -3.29. The minimum Gasteiger partial charge on any atom is -0.465 e. The van der Waals surface area contributed by atoms with Crippen molar-refractivity contribution in [2.45, 2.75) is 0 Å². The van der Waals surface area contributed by atoms with Crippen LogP contribution in [-0.4, -0.2) is 28.4 Å². The van der Waals surface area contributed by atoms with Crippen LogP contribution < -0.4 is 4.74 Å². The Kier molecular flexibility index (Phi) is 3.49. The van der Waals surface area contributed by atoms with Crippen molar-refractivity contribution < 1.29 is 23.6 Å². The molecule has 2 aromatic carbocycles. The molecule has 0 atom stereocenters. The fourth-order valence-electron chi connectivity index (χ4n) is 2.24. The standard InChI is InChI=1S/C15H9FN2O5/c16-9-5-6-12(18(21)22)13(7-9)23-8-17-14(19)10-3-1-2-4-11(10)15(17)20/h1-7H,8H2. The number of hydrogen-bond acceptors (Lipinski definition) is 5. The minimum absolute atomic E-state index is 0.231.